The van der Waals surface area contributed by atoms with Gasteiger partial charge in [-0.1, -0.05) is 18.2 Å². The number of aryl methyl sites for hydroxylation is 1. The smallest absolute Gasteiger partial charge is 0.264 e. The maximum Gasteiger partial charge on any atom is 0.264 e. The summed E-state index contributed by atoms with van der Waals surface area (Å²) in [6, 6.07) is 9.33. The molecule has 0 aliphatic heterocycles. The highest BCUT2D eigenvalue weighted by atomic mass is 16.2. The number of aromatic amines is 1. The molecule has 0 atom stereocenters. The molecule has 0 unspecified atom stereocenters. The highest BCUT2D eigenvalue weighted by Crippen LogP contribution is 2.20. The van der Waals surface area contributed by atoms with Gasteiger partial charge in [0.05, 0.1) is 5.69 Å². The lowest BCUT2D eigenvalue weighted by atomic mass is 10.0. The predicted octanol–water partition coefficient (Wildman–Crippen LogP) is 1.28. The minimum absolute atomic E-state index is 0.126. The van der Waals surface area contributed by atoms with Gasteiger partial charge in [-0.25, -0.2) is 5.10 Å². The molecule has 0 aliphatic carbocycles. The van der Waals surface area contributed by atoms with Crippen molar-refractivity contribution in [2.45, 2.75) is 13.3 Å². The van der Waals surface area contributed by atoms with Crippen LogP contribution in [-0.2, 0) is 6.42 Å². The van der Waals surface area contributed by atoms with Crippen molar-refractivity contribution in [3.05, 3.63) is 51.8 Å². The molecule has 0 fully saturated rings. The summed E-state index contributed by atoms with van der Waals surface area (Å²) in [5.74, 6) is 0. The average molecular weight is 230 g/mol. The molecule has 0 radical (unpaired) electrons. The summed E-state index contributed by atoms with van der Waals surface area (Å²) in [6.07, 6.45) is 0.621. The Morgan fingerprint density at radius 1 is 1.35 bits per heavy atom. The fraction of sp³-hybridized carbons (Fsp3) is 0.231. The summed E-state index contributed by atoms with van der Waals surface area (Å²) >= 11 is 0. The first-order valence-corrected chi connectivity index (χ1v) is 5.47. The molecule has 4 heteroatoms. The standard InChI is InChI=1S/C13H14N2O2/c1-9-7-12(17)14-15-13(9)11-4-2-3-10(8-11)5-6-16/h2-4,7-8,16H,5-6H2,1H3,(H,14,17). The maximum atomic E-state index is 11.1. The first-order chi connectivity index (χ1) is 8.20. The van der Waals surface area contributed by atoms with Gasteiger partial charge in [-0.3, -0.25) is 4.79 Å². The number of aliphatic hydroxyl groups is 1. The van der Waals surface area contributed by atoms with Gasteiger partial charge in [0, 0.05) is 18.2 Å². The number of rotatable bonds is 3. The molecule has 2 aromatic rings. The van der Waals surface area contributed by atoms with Gasteiger partial charge in [0.1, 0.15) is 0 Å². The predicted molar refractivity (Wildman–Crippen MR) is 65.8 cm³/mol. The highest BCUT2D eigenvalue weighted by molar-refractivity contribution is 5.62. The maximum absolute atomic E-state index is 11.1. The van der Waals surface area contributed by atoms with Crippen LogP contribution in [0.3, 0.4) is 0 Å². The van der Waals surface area contributed by atoms with Gasteiger partial charge in [-0.05, 0) is 30.5 Å². The highest BCUT2D eigenvalue weighted by Gasteiger charge is 2.05. The largest absolute Gasteiger partial charge is 0.396 e. The van der Waals surface area contributed by atoms with Crippen LogP contribution in [0.1, 0.15) is 11.1 Å². The third-order valence-corrected chi connectivity index (χ3v) is 2.60. The molecule has 0 amide bonds. The minimum Gasteiger partial charge on any atom is -0.396 e. The van der Waals surface area contributed by atoms with Crippen molar-refractivity contribution in [2.75, 3.05) is 6.61 Å². The van der Waals surface area contributed by atoms with E-state index >= 15 is 0 Å². The summed E-state index contributed by atoms with van der Waals surface area (Å²) in [6.45, 7) is 1.98. The van der Waals surface area contributed by atoms with Gasteiger partial charge >= 0.3 is 0 Å². The van der Waals surface area contributed by atoms with Crippen molar-refractivity contribution in [1.29, 1.82) is 0 Å². The Morgan fingerprint density at radius 2 is 2.18 bits per heavy atom. The first kappa shape index (κ1) is 11.5. The molecule has 4 nitrogen and oxygen atoms in total. The number of hydrogen-bond acceptors (Lipinski definition) is 3. The lowest BCUT2D eigenvalue weighted by molar-refractivity contribution is 0.299. The molecule has 1 heterocycles. The van der Waals surface area contributed by atoms with Gasteiger partial charge in [0.2, 0.25) is 0 Å². The zero-order valence-corrected chi connectivity index (χ0v) is 9.60. The number of benzene rings is 1. The van der Waals surface area contributed by atoms with E-state index in [1.54, 1.807) is 0 Å². The molecule has 2 N–H and O–H groups in total. The molecule has 1 aromatic carbocycles. The molecular weight excluding hydrogens is 216 g/mol. The van der Waals surface area contributed by atoms with E-state index in [9.17, 15) is 4.79 Å². The number of H-pyrrole nitrogens is 1. The summed E-state index contributed by atoms with van der Waals surface area (Å²) in [5, 5.41) is 15.4. The van der Waals surface area contributed by atoms with Crippen LogP contribution in [0, 0.1) is 6.92 Å². The molecule has 2 rings (SSSR count). The fourth-order valence-corrected chi connectivity index (χ4v) is 1.79. The van der Waals surface area contributed by atoms with Crippen molar-refractivity contribution < 1.29 is 5.11 Å². The fourth-order valence-electron chi connectivity index (χ4n) is 1.79. The number of nitrogens with zero attached hydrogens (tertiary/aromatic N) is 1. The lowest BCUT2D eigenvalue weighted by Crippen LogP contribution is -2.08. The van der Waals surface area contributed by atoms with Crippen molar-refractivity contribution in [3.8, 4) is 11.3 Å². The summed E-state index contributed by atoms with van der Waals surface area (Å²) in [5.41, 5.74) is 3.42. The van der Waals surface area contributed by atoms with Gasteiger partial charge in [0.25, 0.3) is 5.56 Å². The average Bonchev–Trinajstić information content (AvgIpc) is 2.29. The topological polar surface area (TPSA) is 66.0 Å². The van der Waals surface area contributed by atoms with Gasteiger partial charge in [-0.15, -0.1) is 0 Å². The second-order valence-electron chi connectivity index (χ2n) is 3.94. The number of nitrogens with one attached hydrogen (secondary N) is 1. The van der Waals surface area contributed by atoms with E-state index < -0.39 is 0 Å². The van der Waals surface area contributed by atoms with Crippen molar-refractivity contribution >= 4 is 0 Å². The Bertz CT molecular complexity index is 576. The SMILES string of the molecule is Cc1cc(=O)[nH]nc1-c1cccc(CCO)c1. The Labute approximate surface area is 98.9 Å². The van der Waals surface area contributed by atoms with E-state index in [0.29, 0.717) is 6.42 Å². The molecule has 1 aromatic heterocycles. The Balaban J connectivity index is 2.45. The molecule has 0 saturated heterocycles. The van der Waals surface area contributed by atoms with Crippen molar-refractivity contribution in [3.63, 3.8) is 0 Å². The number of aliphatic hydroxyl groups excluding tert-OH is 1. The normalized spacial score (nSPS) is 10.5. The van der Waals surface area contributed by atoms with Gasteiger partial charge in [0.15, 0.2) is 0 Å². The van der Waals surface area contributed by atoms with Crippen LogP contribution in [-0.4, -0.2) is 21.9 Å². The van der Waals surface area contributed by atoms with E-state index in [2.05, 4.69) is 10.2 Å². The third kappa shape index (κ3) is 2.60. The molecule has 17 heavy (non-hydrogen) atoms. The van der Waals surface area contributed by atoms with Crippen LogP contribution in [0.4, 0.5) is 0 Å². The zero-order chi connectivity index (χ0) is 12.3. The van der Waals surface area contributed by atoms with E-state index in [-0.39, 0.29) is 12.2 Å². The Morgan fingerprint density at radius 3 is 2.88 bits per heavy atom. The third-order valence-electron chi connectivity index (χ3n) is 2.60. The van der Waals surface area contributed by atoms with Gasteiger partial charge in [-0.2, -0.15) is 5.10 Å². The second-order valence-corrected chi connectivity index (χ2v) is 3.94. The summed E-state index contributed by atoms with van der Waals surface area (Å²) < 4.78 is 0. The zero-order valence-electron chi connectivity index (χ0n) is 9.60. The Kier molecular flexibility index (Phi) is 3.35. The molecular formula is C13H14N2O2. The van der Waals surface area contributed by atoms with Crippen molar-refractivity contribution in [1.82, 2.24) is 10.2 Å². The summed E-state index contributed by atoms with van der Waals surface area (Å²) in [4.78, 5) is 11.1. The van der Waals surface area contributed by atoms with Crippen LogP contribution in [0.5, 0.6) is 0 Å². The molecule has 0 saturated carbocycles. The van der Waals surface area contributed by atoms with Crippen LogP contribution in [0.15, 0.2) is 35.1 Å². The quantitative estimate of drug-likeness (QED) is 0.834. The van der Waals surface area contributed by atoms with Crippen LogP contribution >= 0.6 is 0 Å². The monoisotopic (exact) mass is 230 g/mol. The van der Waals surface area contributed by atoms with E-state index in [1.165, 1.54) is 6.07 Å². The summed E-state index contributed by atoms with van der Waals surface area (Å²) in [7, 11) is 0. The van der Waals surface area contributed by atoms with E-state index in [1.807, 2.05) is 31.2 Å². The number of hydrogen-bond donors (Lipinski definition) is 2. The first-order valence-electron chi connectivity index (χ1n) is 5.47. The second kappa shape index (κ2) is 4.93. The van der Waals surface area contributed by atoms with Crippen LogP contribution < -0.4 is 5.56 Å². The Hall–Kier alpha value is -1.94. The molecule has 0 aliphatic rings. The van der Waals surface area contributed by atoms with Crippen LogP contribution in [0.25, 0.3) is 11.3 Å². The molecule has 0 spiro atoms. The van der Waals surface area contributed by atoms with E-state index in [4.69, 9.17) is 5.11 Å². The van der Waals surface area contributed by atoms with E-state index in [0.717, 1.165) is 22.4 Å². The number of aromatic nitrogens is 2. The lowest BCUT2D eigenvalue weighted by Gasteiger charge is -2.05. The molecule has 0 bridgehead atoms. The van der Waals surface area contributed by atoms with Crippen LogP contribution in [0.2, 0.25) is 0 Å². The van der Waals surface area contributed by atoms with Gasteiger partial charge < -0.3 is 5.11 Å². The molecule has 88 valence electrons. The minimum atomic E-state index is -0.197. The van der Waals surface area contributed by atoms with Crippen molar-refractivity contribution in [2.24, 2.45) is 0 Å².